The highest BCUT2D eigenvalue weighted by Crippen LogP contribution is 2.37. The monoisotopic (exact) mass is 291 g/mol. The number of anilines is 2. The molecule has 0 bridgehead atoms. The molecule has 21 heavy (non-hydrogen) atoms. The van der Waals surface area contributed by atoms with Gasteiger partial charge in [0, 0.05) is 19.6 Å². The number of nitrogens with zero attached hydrogens (tertiary/aromatic N) is 2. The summed E-state index contributed by atoms with van der Waals surface area (Å²) in [4.78, 5) is 13.5. The van der Waals surface area contributed by atoms with Gasteiger partial charge in [-0.1, -0.05) is 26.3 Å². The summed E-state index contributed by atoms with van der Waals surface area (Å²) in [5, 5.41) is 14.7. The van der Waals surface area contributed by atoms with Crippen molar-refractivity contribution in [3.05, 3.63) is 28.3 Å². The minimum Gasteiger partial charge on any atom is -0.379 e. The topological polar surface area (TPSA) is 58.4 Å². The van der Waals surface area contributed by atoms with Crippen LogP contribution in [0.15, 0.2) is 18.2 Å². The largest absolute Gasteiger partial charge is 0.379 e. The van der Waals surface area contributed by atoms with Crippen LogP contribution in [0.1, 0.15) is 39.5 Å². The number of hydrogen-bond donors (Lipinski definition) is 1. The number of benzene rings is 1. The van der Waals surface area contributed by atoms with Crippen molar-refractivity contribution in [1.82, 2.24) is 0 Å². The molecule has 0 saturated carbocycles. The standard InChI is InChI=1S/C16H25N3O2/c1-3-10-17-14-8-5-9-15(16(14)19(20)21)18-11-6-7-13(4-2)12-18/h5,8-9,13,17H,3-4,6-7,10-12H2,1-2H3. The molecule has 1 aliphatic rings. The Kier molecular flexibility index (Phi) is 5.42. The van der Waals surface area contributed by atoms with Gasteiger partial charge in [-0.2, -0.15) is 0 Å². The van der Waals surface area contributed by atoms with E-state index in [2.05, 4.69) is 24.1 Å². The van der Waals surface area contributed by atoms with Crippen LogP contribution in [0.2, 0.25) is 0 Å². The van der Waals surface area contributed by atoms with Gasteiger partial charge in [0.25, 0.3) is 0 Å². The first-order valence-electron chi connectivity index (χ1n) is 7.93. The maximum Gasteiger partial charge on any atom is 0.315 e. The summed E-state index contributed by atoms with van der Waals surface area (Å²) in [7, 11) is 0. The Balaban J connectivity index is 2.31. The first kappa shape index (κ1) is 15.6. The van der Waals surface area contributed by atoms with E-state index in [-0.39, 0.29) is 10.6 Å². The van der Waals surface area contributed by atoms with Crippen LogP contribution >= 0.6 is 0 Å². The third kappa shape index (κ3) is 3.65. The fourth-order valence-electron chi connectivity index (χ4n) is 3.00. The van der Waals surface area contributed by atoms with E-state index >= 15 is 0 Å². The third-order valence-electron chi connectivity index (χ3n) is 4.20. The van der Waals surface area contributed by atoms with E-state index in [1.54, 1.807) is 6.07 Å². The number of nitro benzene ring substituents is 1. The lowest BCUT2D eigenvalue weighted by molar-refractivity contribution is -0.383. The van der Waals surface area contributed by atoms with Crippen LogP contribution in [0.4, 0.5) is 17.1 Å². The van der Waals surface area contributed by atoms with Crippen LogP contribution in [0, 0.1) is 16.0 Å². The Hall–Kier alpha value is -1.78. The van der Waals surface area contributed by atoms with Gasteiger partial charge in [0.05, 0.1) is 4.92 Å². The van der Waals surface area contributed by atoms with Gasteiger partial charge in [0.2, 0.25) is 0 Å². The van der Waals surface area contributed by atoms with E-state index in [0.29, 0.717) is 11.6 Å². The maximum absolute atomic E-state index is 11.5. The quantitative estimate of drug-likeness (QED) is 0.634. The summed E-state index contributed by atoms with van der Waals surface area (Å²) in [5.74, 6) is 0.644. The molecule has 0 spiro atoms. The molecule has 1 unspecified atom stereocenters. The van der Waals surface area contributed by atoms with Gasteiger partial charge in [0.1, 0.15) is 11.4 Å². The summed E-state index contributed by atoms with van der Waals surface area (Å²) < 4.78 is 0. The highest BCUT2D eigenvalue weighted by Gasteiger charge is 2.27. The van der Waals surface area contributed by atoms with E-state index in [4.69, 9.17) is 0 Å². The molecule has 5 heteroatoms. The van der Waals surface area contributed by atoms with Crippen molar-refractivity contribution in [1.29, 1.82) is 0 Å². The Morgan fingerprint density at radius 3 is 2.90 bits per heavy atom. The summed E-state index contributed by atoms with van der Waals surface area (Å²) in [6.07, 6.45) is 4.43. The van der Waals surface area contributed by atoms with Gasteiger partial charge in [-0.25, -0.2) is 0 Å². The first-order valence-corrected chi connectivity index (χ1v) is 7.93. The van der Waals surface area contributed by atoms with Crippen molar-refractivity contribution < 1.29 is 4.92 Å². The smallest absolute Gasteiger partial charge is 0.315 e. The molecule has 1 N–H and O–H groups in total. The van der Waals surface area contributed by atoms with E-state index in [1.165, 1.54) is 6.42 Å². The highest BCUT2D eigenvalue weighted by molar-refractivity contribution is 5.77. The average Bonchev–Trinajstić information content (AvgIpc) is 2.52. The zero-order valence-electron chi connectivity index (χ0n) is 13.0. The maximum atomic E-state index is 11.5. The van der Waals surface area contributed by atoms with Crippen LogP contribution in [-0.4, -0.2) is 24.6 Å². The fourth-order valence-corrected chi connectivity index (χ4v) is 3.00. The predicted octanol–water partition coefficient (Wildman–Crippen LogP) is 4.04. The Labute approximate surface area is 126 Å². The summed E-state index contributed by atoms with van der Waals surface area (Å²) in [5.41, 5.74) is 1.62. The second kappa shape index (κ2) is 7.29. The summed E-state index contributed by atoms with van der Waals surface area (Å²) >= 11 is 0. The fraction of sp³-hybridized carbons (Fsp3) is 0.625. The van der Waals surface area contributed by atoms with Gasteiger partial charge in [-0.05, 0) is 37.3 Å². The molecule has 0 aliphatic carbocycles. The molecule has 0 radical (unpaired) electrons. The molecule has 1 aliphatic heterocycles. The lowest BCUT2D eigenvalue weighted by atomic mass is 9.95. The van der Waals surface area contributed by atoms with Gasteiger partial charge < -0.3 is 10.2 Å². The van der Waals surface area contributed by atoms with Gasteiger partial charge in [-0.3, -0.25) is 10.1 Å². The predicted molar refractivity (Wildman–Crippen MR) is 87.1 cm³/mol. The second-order valence-electron chi connectivity index (χ2n) is 5.72. The highest BCUT2D eigenvalue weighted by atomic mass is 16.6. The van der Waals surface area contributed by atoms with Crippen molar-refractivity contribution >= 4 is 17.1 Å². The van der Waals surface area contributed by atoms with Crippen LogP contribution in [0.5, 0.6) is 0 Å². The molecule has 5 nitrogen and oxygen atoms in total. The van der Waals surface area contributed by atoms with Crippen LogP contribution in [0.25, 0.3) is 0 Å². The van der Waals surface area contributed by atoms with Gasteiger partial charge in [-0.15, -0.1) is 0 Å². The summed E-state index contributed by atoms with van der Waals surface area (Å²) in [6, 6.07) is 5.60. The van der Waals surface area contributed by atoms with Crippen molar-refractivity contribution in [3.8, 4) is 0 Å². The summed E-state index contributed by atoms with van der Waals surface area (Å²) in [6.45, 7) is 6.84. The van der Waals surface area contributed by atoms with Crippen molar-refractivity contribution in [2.24, 2.45) is 5.92 Å². The Bertz CT molecular complexity index is 490. The molecule has 1 aromatic carbocycles. The molecule has 1 fully saturated rings. The lowest BCUT2D eigenvalue weighted by Crippen LogP contribution is -2.35. The number of rotatable bonds is 6. The molecule has 1 atom stereocenters. The van der Waals surface area contributed by atoms with E-state index in [0.717, 1.165) is 44.6 Å². The van der Waals surface area contributed by atoms with Crippen LogP contribution in [-0.2, 0) is 0 Å². The zero-order valence-corrected chi connectivity index (χ0v) is 13.0. The molecule has 1 heterocycles. The molecule has 116 valence electrons. The Morgan fingerprint density at radius 1 is 1.43 bits per heavy atom. The number of nitro groups is 1. The molecule has 1 aromatic rings. The molecule has 0 aromatic heterocycles. The minimum absolute atomic E-state index is 0.225. The van der Waals surface area contributed by atoms with E-state index in [1.807, 2.05) is 12.1 Å². The second-order valence-corrected chi connectivity index (χ2v) is 5.72. The molecule has 2 rings (SSSR count). The lowest BCUT2D eigenvalue weighted by Gasteiger charge is -2.33. The first-order chi connectivity index (χ1) is 10.2. The number of hydrogen-bond acceptors (Lipinski definition) is 4. The van der Waals surface area contributed by atoms with Gasteiger partial charge >= 0.3 is 5.69 Å². The van der Waals surface area contributed by atoms with Crippen molar-refractivity contribution in [2.75, 3.05) is 29.9 Å². The van der Waals surface area contributed by atoms with E-state index in [9.17, 15) is 10.1 Å². The molecular formula is C16H25N3O2. The van der Waals surface area contributed by atoms with Crippen molar-refractivity contribution in [3.63, 3.8) is 0 Å². The zero-order chi connectivity index (χ0) is 15.2. The molecule has 0 amide bonds. The van der Waals surface area contributed by atoms with Crippen LogP contribution in [0.3, 0.4) is 0 Å². The molecule has 1 saturated heterocycles. The number of nitrogens with one attached hydrogen (secondary N) is 1. The SMILES string of the molecule is CCCNc1cccc(N2CCCC(CC)C2)c1[N+](=O)[O-]. The van der Waals surface area contributed by atoms with E-state index < -0.39 is 0 Å². The van der Waals surface area contributed by atoms with Crippen LogP contribution < -0.4 is 10.2 Å². The average molecular weight is 291 g/mol. The Morgan fingerprint density at radius 2 is 2.24 bits per heavy atom. The normalized spacial score (nSPS) is 18.6. The molecular weight excluding hydrogens is 266 g/mol. The van der Waals surface area contributed by atoms with Gasteiger partial charge in [0.15, 0.2) is 0 Å². The van der Waals surface area contributed by atoms with Crippen molar-refractivity contribution in [2.45, 2.75) is 39.5 Å². The third-order valence-corrected chi connectivity index (χ3v) is 4.20. The number of para-hydroxylation sites is 1. The minimum atomic E-state index is -0.247. The number of piperidine rings is 1.